The molecule has 1 heterocycles. The summed E-state index contributed by atoms with van der Waals surface area (Å²) in [5.41, 5.74) is 2.45. The topological polar surface area (TPSA) is 67.9 Å². The van der Waals surface area contributed by atoms with Crippen molar-refractivity contribution in [3.8, 4) is 17.3 Å². The van der Waals surface area contributed by atoms with Crippen LogP contribution in [0, 0.1) is 11.3 Å². The number of carbonyl (C=O) groups is 1. The van der Waals surface area contributed by atoms with Crippen LogP contribution in [0.4, 0.5) is 0 Å². The van der Waals surface area contributed by atoms with Crippen LogP contribution in [0.25, 0.3) is 11.3 Å². The molecule has 0 radical (unpaired) electrons. The highest BCUT2D eigenvalue weighted by Crippen LogP contribution is 2.36. The molecule has 0 saturated carbocycles. The van der Waals surface area contributed by atoms with Crippen LogP contribution in [0.1, 0.15) is 15.9 Å². The van der Waals surface area contributed by atoms with E-state index >= 15 is 0 Å². The van der Waals surface area contributed by atoms with Crippen LogP contribution >= 0.6 is 11.8 Å². The Balaban J connectivity index is 2.07. The Morgan fingerprint density at radius 2 is 1.84 bits per heavy atom. The third kappa shape index (κ3) is 3.28. The summed E-state index contributed by atoms with van der Waals surface area (Å²) in [7, 11) is 3.14. The van der Waals surface area contributed by atoms with Gasteiger partial charge in [-0.05, 0) is 12.1 Å². The highest BCUT2D eigenvalue weighted by Gasteiger charge is 2.21. The molecule has 25 heavy (non-hydrogen) atoms. The molecule has 0 fully saturated rings. The van der Waals surface area contributed by atoms with Crippen LogP contribution in [0.15, 0.2) is 64.5 Å². The van der Waals surface area contributed by atoms with Gasteiger partial charge in [0.25, 0.3) is 0 Å². The lowest BCUT2D eigenvalue weighted by molar-refractivity contribution is 0.0597. The molecule has 3 aromatic rings. The monoisotopic (exact) mass is 349 g/mol. The van der Waals surface area contributed by atoms with Gasteiger partial charge in [0.05, 0.1) is 12.7 Å². The first-order chi connectivity index (χ1) is 12.2. The summed E-state index contributed by atoms with van der Waals surface area (Å²) in [6.07, 6.45) is 0. The van der Waals surface area contributed by atoms with Crippen LogP contribution in [-0.4, -0.2) is 22.9 Å². The minimum atomic E-state index is -0.410. The van der Waals surface area contributed by atoms with Crippen molar-refractivity contribution in [3.05, 3.63) is 65.7 Å². The van der Waals surface area contributed by atoms with Crippen LogP contribution in [0.2, 0.25) is 0 Å². The van der Waals surface area contributed by atoms with Gasteiger partial charge in [0, 0.05) is 17.5 Å². The van der Waals surface area contributed by atoms with Crippen molar-refractivity contribution in [2.24, 2.45) is 7.05 Å². The largest absolute Gasteiger partial charge is 0.465 e. The summed E-state index contributed by atoms with van der Waals surface area (Å²) >= 11 is 1.33. The summed E-state index contributed by atoms with van der Waals surface area (Å²) in [6.45, 7) is 0. The van der Waals surface area contributed by atoms with E-state index in [1.54, 1.807) is 23.9 Å². The fraction of sp³-hybridized carbons (Fsp3) is 0.105. The van der Waals surface area contributed by atoms with E-state index < -0.39 is 5.97 Å². The Morgan fingerprint density at radius 3 is 2.52 bits per heavy atom. The number of hydrogen-bond acceptors (Lipinski definition) is 5. The van der Waals surface area contributed by atoms with Gasteiger partial charge in [0.2, 0.25) is 0 Å². The number of aryl methyl sites for hydroxylation is 1. The number of methoxy groups -OCH3 is 1. The highest BCUT2D eigenvalue weighted by atomic mass is 32.2. The Labute approximate surface area is 149 Å². The second kappa shape index (κ2) is 7.24. The number of nitrogens with zero attached hydrogens (tertiary/aromatic N) is 3. The maximum absolute atomic E-state index is 12.0. The number of rotatable bonds is 4. The number of esters is 1. The lowest BCUT2D eigenvalue weighted by Gasteiger charge is -2.07. The molecule has 124 valence electrons. The number of benzene rings is 2. The molecule has 0 spiro atoms. The normalized spacial score (nSPS) is 10.3. The van der Waals surface area contributed by atoms with Gasteiger partial charge in [-0.25, -0.2) is 4.79 Å². The Kier molecular flexibility index (Phi) is 4.87. The van der Waals surface area contributed by atoms with Gasteiger partial charge in [-0.2, -0.15) is 10.4 Å². The van der Waals surface area contributed by atoms with E-state index in [4.69, 9.17) is 4.74 Å². The molecule has 1 aromatic heterocycles. The Bertz CT molecular complexity index is 959. The molecule has 5 nitrogen and oxygen atoms in total. The molecule has 0 bridgehead atoms. The molecule has 0 unspecified atom stereocenters. The average molecular weight is 349 g/mol. The number of aromatic nitrogens is 2. The molecule has 0 saturated heterocycles. The number of hydrogen-bond donors (Lipinski definition) is 0. The predicted octanol–water partition coefficient (Wildman–Crippen LogP) is 3.90. The van der Waals surface area contributed by atoms with Crippen molar-refractivity contribution < 1.29 is 9.53 Å². The standard InChI is InChI=1S/C19H15N3O2S/c1-22-18(25-16-11-7-6-10-14(16)19(23)24-2)15(12-20)17(21-22)13-8-4-3-5-9-13/h3-11H,1-2H3. The lowest BCUT2D eigenvalue weighted by atomic mass is 10.1. The third-order valence-electron chi connectivity index (χ3n) is 3.65. The van der Waals surface area contributed by atoms with Crippen LogP contribution < -0.4 is 0 Å². The first-order valence-corrected chi connectivity index (χ1v) is 8.35. The number of ether oxygens (including phenoxy) is 1. The molecular weight excluding hydrogens is 334 g/mol. The molecule has 0 aliphatic carbocycles. The summed E-state index contributed by atoms with van der Waals surface area (Å²) in [4.78, 5) is 12.7. The minimum Gasteiger partial charge on any atom is -0.465 e. The van der Waals surface area contributed by atoms with Gasteiger partial charge in [-0.3, -0.25) is 4.68 Å². The van der Waals surface area contributed by atoms with Crippen molar-refractivity contribution in [1.82, 2.24) is 9.78 Å². The van der Waals surface area contributed by atoms with Gasteiger partial charge in [0.15, 0.2) is 0 Å². The summed E-state index contributed by atoms with van der Waals surface area (Å²) in [6, 6.07) is 19.0. The van der Waals surface area contributed by atoms with E-state index in [-0.39, 0.29) is 0 Å². The fourth-order valence-electron chi connectivity index (χ4n) is 2.46. The zero-order valence-corrected chi connectivity index (χ0v) is 14.6. The molecule has 3 rings (SSSR count). The van der Waals surface area contributed by atoms with E-state index in [9.17, 15) is 10.1 Å². The van der Waals surface area contributed by atoms with E-state index in [0.717, 1.165) is 5.56 Å². The number of carbonyl (C=O) groups excluding carboxylic acids is 1. The van der Waals surface area contributed by atoms with Crippen LogP contribution in [0.3, 0.4) is 0 Å². The molecule has 0 aliphatic rings. The Hall–Kier alpha value is -3.04. The van der Waals surface area contributed by atoms with E-state index in [1.165, 1.54) is 18.9 Å². The van der Waals surface area contributed by atoms with Crippen LogP contribution in [-0.2, 0) is 11.8 Å². The minimum absolute atomic E-state index is 0.410. The lowest BCUT2D eigenvalue weighted by Crippen LogP contribution is -2.03. The van der Waals surface area contributed by atoms with Crippen molar-refractivity contribution in [3.63, 3.8) is 0 Å². The van der Waals surface area contributed by atoms with Gasteiger partial charge in [0.1, 0.15) is 22.4 Å². The van der Waals surface area contributed by atoms with Crippen molar-refractivity contribution >= 4 is 17.7 Å². The molecule has 6 heteroatoms. The zero-order chi connectivity index (χ0) is 17.8. The predicted molar refractivity (Wildman–Crippen MR) is 95.3 cm³/mol. The van der Waals surface area contributed by atoms with E-state index in [1.807, 2.05) is 42.5 Å². The van der Waals surface area contributed by atoms with Crippen LogP contribution in [0.5, 0.6) is 0 Å². The second-order valence-corrected chi connectivity index (χ2v) is 6.25. The highest BCUT2D eigenvalue weighted by molar-refractivity contribution is 7.99. The van der Waals surface area contributed by atoms with Crippen molar-refractivity contribution in [1.29, 1.82) is 5.26 Å². The van der Waals surface area contributed by atoms with E-state index in [2.05, 4.69) is 11.2 Å². The average Bonchev–Trinajstić information content (AvgIpc) is 2.98. The molecule has 0 aliphatic heterocycles. The number of nitriles is 1. The summed E-state index contributed by atoms with van der Waals surface area (Å²) < 4.78 is 6.50. The van der Waals surface area contributed by atoms with Crippen molar-refractivity contribution in [2.75, 3.05) is 7.11 Å². The van der Waals surface area contributed by atoms with Crippen molar-refractivity contribution in [2.45, 2.75) is 9.92 Å². The van der Waals surface area contributed by atoms with Gasteiger partial charge >= 0.3 is 5.97 Å². The third-order valence-corrected chi connectivity index (χ3v) is 4.89. The first-order valence-electron chi connectivity index (χ1n) is 7.53. The van der Waals surface area contributed by atoms with Gasteiger partial charge < -0.3 is 4.74 Å². The maximum atomic E-state index is 12.0. The Morgan fingerprint density at radius 1 is 1.16 bits per heavy atom. The van der Waals surface area contributed by atoms with Gasteiger partial charge in [-0.1, -0.05) is 54.2 Å². The zero-order valence-electron chi connectivity index (χ0n) is 13.8. The molecule has 0 amide bonds. The maximum Gasteiger partial charge on any atom is 0.339 e. The fourth-order valence-corrected chi connectivity index (χ4v) is 3.50. The molecule has 0 atom stereocenters. The smallest absolute Gasteiger partial charge is 0.339 e. The molecule has 0 N–H and O–H groups in total. The summed E-state index contributed by atoms with van der Waals surface area (Å²) in [5, 5.41) is 14.8. The molecule has 2 aromatic carbocycles. The SMILES string of the molecule is COC(=O)c1ccccc1Sc1c(C#N)c(-c2ccccc2)nn1C. The quantitative estimate of drug-likeness (QED) is 0.668. The van der Waals surface area contributed by atoms with E-state index in [0.29, 0.717) is 26.7 Å². The summed E-state index contributed by atoms with van der Waals surface area (Å²) in [5.74, 6) is -0.410. The first kappa shape index (κ1) is 16.8. The molecular formula is C19H15N3O2S. The second-order valence-electron chi connectivity index (χ2n) is 5.22. The van der Waals surface area contributed by atoms with Gasteiger partial charge in [-0.15, -0.1) is 0 Å².